The minimum atomic E-state index is -0.0160. The minimum absolute atomic E-state index is 0.0160. The number of nitriles is 1. The van der Waals surface area contributed by atoms with Gasteiger partial charge in [0.15, 0.2) is 5.88 Å². The first kappa shape index (κ1) is 9.62. The molecule has 0 bridgehead atoms. The standard InChI is InChI=1S/C9H12N2O2/c1-2-7(6-12)11-9-4-3-8(5-10)13-9/h3-4,7,11-12H,2,6H2,1H3. The summed E-state index contributed by atoms with van der Waals surface area (Å²) >= 11 is 0. The topological polar surface area (TPSA) is 69.2 Å². The molecule has 0 aliphatic carbocycles. The van der Waals surface area contributed by atoms with Crippen molar-refractivity contribution in [3.8, 4) is 6.07 Å². The molecule has 1 rings (SSSR count). The van der Waals surface area contributed by atoms with Gasteiger partial charge in [0, 0.05) is 6.07 Å². The van der Waals surface area contributed by atoms with Gasteiger partial charge in [0.05, 0.1) is 12.6 Å². The van der Waals surface area contributed by atoms with Crippen LogP contribution >= 0.6 is 0 Å². The first-order valence-corrected chi connectivity index (χ1v) is 4.17. The minimum Gasteiger partial charge on any atom is -0.430 e. The zero-order valence-corrected chi connectivity index (χ0v) is 7.45. The van der Waals surface area contributed by atoms with E-state index in [0.717, 1.165) is 6.42 Å². The third-order valence-corrected chi connectivity index (χ3v) is 1.78. The summed E-state index contributed by atoms with van der Waals surface area (Å²) < 4.78 is 5.08. The molecule has 4 nitrogen and oxygen atoms in total. The smallest absolute Gasteiger partial charge is 0.206 e. The van der Waals surface area contributed by atoms with Crippen molar-refractivity contribution in [3.05, 3.63) is 17.9 Å². The molecule has 0 saturated heterocycles. The second kappa shape index (κ2) is 4.53. The molecule has 13 heavy (non-hydrogen) atoms. The summed E-state index contributed by atoms with van der Waals surface area (Å²) in [6, 6.07) is 5.14. The van der Waals surface area contributed by atoms with E-state index in [2.05, 4.69) is 5.32 Å². The molecule has 1 aromatic rings. The van der Waals surface area contributed by atoms with Gasteiger partial charge in [-0.1, -0.05) is 6.92 Å². The number of aliphatic hydroxyl groups is 1. The Morgan fingerprint density at radius 1 is 1.69 bits per heavy atom. The van der Waals surface area contributed by atoms with E-state index in [1.54, 1.807) is 12.1 Å². The monoisotopic (exact) mass is 180 g/mol. The highest BCUT2D eigenvalue weighted by molar-refractivity contribution is 5.36. The molecule has 0 aliphatic heterocycles. The molecule has 0 aliphatic rings. The van der Waals surface area contributed by atoms with Gasteiger partial charge in [-0.05, 0) is 12.5 Å². The van der Waals surface area contributed by atoms with E-state index in [0.29, 0.717) is 5.88 Å². The summed E-state index contributed by atoms with van der Waals surface area (Å²) in [5, 5.41) is 20.3. The molecule has 70 valence electrons. The van der Waals surface area contributed by atoms with Crippen molar-refractivity contribution in [2.75, 3.05) is 11.9 Å². The van der Waals surface area contributed by atoms with Gasteiger partial charge in [0.2, 0.25) is 5.76 Å². The summed E-state index contributed by atoms with van der Waals surface area (Å²) in [4.78, 5) is 0. The van der Waals surface area contributed by atoms with Crippen molar-refractivity contribution in [3.63, 3.8) is 0 Å². The number of furan rings is 1. The van der Waals surface area contributed by atoms with E-state index in [1.165, 1.54) is 0 Å². The summed E-state index contributed by atoms with van der Waals surface area (Å²) in [6.45, 7) is 2.01. The first-order chi connectivity index (χ1) is 6.30. The normalized spacial score (nSPS) is 12.1. The Balaban J connectivity index is 2.58. The van der Waals surface area contributed by atoms with Crippen LogP contribution in [-0.4, -0.2) is 17.8 Å². The number of rotatable bonds is 4. The second-order valence-corrected chi connectivity index (χ2v) is 2.71. The maximum Gasteiger partial charge on any atom is 0.206 e. The van der Waals surface area contributed by atoms with Crippen LogP contribution in [0.5, 0.6) is 0 Å². The number of nitrogens with zero attached hydrogens (tertiary/aromatic N) is 1. The zero-order chi connectivity index (χ0) is 9.68. The second-order valence-electron chi connectivity index (χ2n) is 2.71. The number of anilines is 1. The van der Waals surface area contributed by atoms with Gasteiger partial charge in [0.25, 0.3) is 0 Å². The lowest BCUT2D eigenvalue weighted by Gasteiger charge is -2.11. The maximum atomic E-state index is 8.88. The van der Waals surface area contributed by atoms with Gasteiger partial charge in [-0.15, -0.1) is 0 Å². The van der Waals surface area contributed by atoms with Crippen LogP contribution in [0.1, 0.15) is 19.1 Å². The van der Waals surface area contributed by atoms with Crippen LogP contribution < -0.4 is 5.32 Å². The highest BCUT2D eigenvalue weighted by Crippen LogP contribution is 2.13. The quantitative estimate of drug-likeness (QED) is 0.733. The molecule has 0 amide bonds. The van der Waals surface area contributed by atoms with Gasteiger partial charge in [-0.25, -0.2) is 0 Å². The lowest BCUT2D eigenvalue weighted by molar-refractivity contribution is 0.270. The highest BCUT2D eigenvalue weighted by Gasteiger charge is 2.06. The van der Waals surface area contributed by atoms with Crippen molar-refractivity contribution in [1.29, 1.82) is 5.26 Å². The zero-order valence-electron chi connectivity index (χ0n) is 7.45. The summed E-state index contributed by atoms with van der Waals surface area (Å²) in [5.74, 6) is 0.799. The SMILES string of the molecule is CCC(CO)Nc1ccc(C#N)o1. The Hall–Kier alpha value is -1.47. The molecule has 1 unspecified atom stereocenters. The largest absolute Gasteiger partial charge is 0.430 e. The molecule has 1 heterocycles. The Morgan fingerprint density at radius 3 is 2.92 bits per heavy atom. The predicted molar refractivity (Wildman–Crippen MR) is 48.2 cm³/mol. The summed E-state index contributed by atoms with van der Waals surface area (Å²) in [6.07, 6.45) is 0.805. The number of aliphatic hydroxyl groups excluding tert-OH is 1. The molecule has 0 spiro atoms. The third-order valence-electron chi connectivity index (χ3n) is 1.78. The van der Waals surface area contributed by atoms with Gasteiger partial charge in [-0.2, -0.15) is 5.26 Å². The van der Waals surface area contributed by atoms with Gasteiger partial charge in [0.1, 0.15) is 6.07 Å². The highest BCUT2D eigenvalue weighted by atomic mass is 16.4. The van der Waals surface area contributed by atoms with Crippen LogP contribution in [-0.2, 0) is 0 Å². The van der Waals surface area contributed by atoms with Crippen LogP contribution in [0.4, 0.5) is 5.88 Å². The van der Waals surface area contributed by atoms with Gasteiger partial charge in [-0.3, -0.25) is 0 Å². The van der Waals surface area contributed by atoms with Crippen LogP contribution in [0.25, 0.3) is 0 Å². The van der Waals surface area contributed by atoms with E-state index in [1.807, 2.05) is 13.0 Å². The lowest BCUT2D eigenvalue weighted by Crippen LogP contribution is -2.22. The molecule has 0 radical (unpaired) electrons. The van der Waals surface area contributed by atoms with Crippen LogP contribution in [0.15, 0.2) is 16.5 Å². The van der Waals surface area contributed by atoms with E-state index < -0.39 is 0 Å². The van der Waals surface area contributed by atoms with Crippen molar-refractivity contribution in [1.82, 2.24) is 0 Å². The molecule has 1 aromatic heterocycles. The van der Waals surface area contributed by atoms with Crippen LogP contribution in [0.3, 0.4) is 0 Å². The molecule has 2 N–H and O–H groups in total. The lowest BCUT2D eigenvalue weighted by atomic mass is 10.2. The molecule has 1 atom stereocenters. The fourth-order valence-corrected chi connectivity index (χ4v) is 0.954. The molecule has 4 heteroatoms. The molecular formula is C9H12N2O2. The van der Waals surface area contributed by atoms with E-state index in [4.69, 9.17) is 14.8 Å². The Labute approximate surface area is 76.8 Å². The van der Waals surface area contributed by atoms with Crippen molar-refractivity contribution >= 4 is 5.88 Å². The Bertz CT molecular complexity index is 297. The molecule has 0 aromatic carbocycles. The molecule has 0 saturated carbocycles. The van der Waals surface area contributed by atoms with Gasteiger partial charge >= 0.3 is 0 Å². The van der Waals surface area contributed by atoms with E-state index >= 15 is 0 Å². The van der Waals surface area contributed by atoms with E-state index in [-0.39, 0.29) is 18.4 Å². The average molecular weight is 180 g/mol. The average Bonchev–Trinajstić information content (AvgIpc) is 2.61. The third kappa shape index (κ3) is 2.49. The molecular weight excluding hydrogens is 168 g/mol. The Morgan fingerprint density at radius 2 is 2.46 bits per heavy atom. The molecule has 0 fully saturated rings. The first-order valence-electron chi connectivity index (χ1n) is 4.17. The van der Waals surface area contributed by atoms with Crippen LogP contribution in [0, 0.1) is 11.3 Å². The van der Waals surface area contributed by atoms with Crippen molar-refractivity contribution in [2.45, 2.75) is 19.4 Å². The predicted octanol–water partition coefficient (Wildman–Crippen LogP) is 1.33. The van der Waals surface area contributed by atoms with Crippen LogP contribution in [0.2, 0.25) is 0 Å². The number of hydrogen-bond acceptors (Lipinski definition) is 4. The van der Waals surface area contributed by atoms with Crippen molar-refractivity contribution < 1.29 is 9.52 Å². The fourth-order valence-electron chi connectivity index (χ4n) is 0.954. The number of nitrogens with one attached hydrogen (secondary N) is 1. The van der Waals surface area contributed by atoms with E-state index in [9.17, 15) is 0 Å². The summed E-state index contributed by atoms with van der Waals surface area (Å²) in [7, 11) is 0. The van der Waals surface area contributed by atoms with Crippen molar-refractivity contribution in [2.24, 2.45) is 0 Å². The number of hydrogen-bond donors (Lipinski definition) is 2. The fraction of sp³-hybridized carbons (Fsp3) is 0.444. The summed E-state index contributed by atoms with van der Waals surface area (Å²) in [5.41, 5.74) is 0. The van der Waals surface area contributed by atoms with Gasteiger partial charge < -0.3 is 14.8 Å². The Kier molecular flexibility index (Phi) is 3.35. The maximum absolute atomic E-state index is 8.88.